The Hall–Kier alpha value is -1.94. The van der Waals surface area contributed by atoms with Crippen LogP contribution in [-0.4, -0.2) is 12.2 Å². The van der Waals surface area contributed by atoms with Crippen molar-refractivity contribution in [3.63, 3.8) is 0 Å². The van der Waals surface area contributed by atoms with Crippen molar-refractivity contribution in [3.05, 3.63) is 65.2 Å². The van der Waals surface area contributed by atoms with Crippen molar-refractivity contribution in [2.75, 3.05) is 11.9 Å². The summed E-state index contributed by atoms with van der Waals surface area (Å²) in [6.45, 7) is 0.159. The third kappa shape index (κ3) is 3.09. The second-order valence-corrected chi connectivity index (χ2v) is 4.38. The maximum Gasteiger partial charge on any atom is 0.130 e. The lowest BCUT2D eigenvalue weighted by Crippen LogP contribution is -2.18. The van der Waals surface area contributed by atoms with Gasteiger partial charge in [0.1, 0.15) is 11.6 Å². The van der Waals surface area contributed by atoms with Crippen LogP contribution in [0.4, 0.5) is 14.5 Å². The highest BCUT2D eigenvalue weighted by molar-refractivity contribution is 5.53. The SMILES string of the molecule is CN(Cc1ccc(F)cc1)c1cccc(F)c1CO. The normalized spacial score (nSPS) is 10.5. The third-order valence-corrected chi connectivity index (χ3v) is 3.00. The lowest BCUT2D eigenvalue weighted by molar-refractivity contribution is 0.276. The van der Waals surface area contributed by atoms with Gasteiger partial charge in [0.15, 0.2) is 0 Å². The summed E-state index contributed by atoms with van der Waals surface area (Å²) in [4.78, 5) is 1.82. The number of aliphatic hydroxyl groups is 1. The van der Waals surface area contributed by atoms with Crippen LogP contribution >= 0.6 is 0 Å². The average molecular weight is 263 g/mol. The minimum absolute atomic E-state index is 0.270. The van der Waals surface area contributed by atoms with Gasteiger partial charge in [-0.2, -0.15) is 0 Å². The quantitative estimate of drug-likeness (QED) is 0.916. The highest BCUT2D eigenvalue weighted by Crippen LogP contribution is 2.23. The largest absolute Gasteiger partial charge is 0.391 e. The number of hydrogen-bond acceptors (Lipinski definition) is 2. The molecule has 2 aromatic rings. The second kappa shape index (κ2) is 5.80. The molecule has 0 heterocycles. The first-order valence-corrected chi connectivity index (χ1v) is 5.95. The number of hydrogen-bond donors (Lipinski definition) is 1. The van der Waals surface area contributed by atoms with Crippen LogP contribution in [0.3, 0.4) is 0 Å². The van der Waals surface area contributed by atoms with Crippen LogP contribution in [0.1, 0.15) is 11.1 Å². The van der Waals surface area contributed by atoms with Gasteiger partial charge in [0.25, 0.3) is 0 Å². The molecule has 0 fully saturated rings. The number of rotatable bonds is 4. The van der Waals surface area contributed by atoms with Gasteiger partial charge in [0.2, 0.25) is 0 Å². The summed E-state index contributed by atoms with van der Waals surface area (Å²) < 4.78 is 26.4. The Labute approximate surface area is 110 Å². The monoisotopic (exact) mass is 263 g/mol. The first kappa shape index (κ1) is 13.5. The molecular weight excluding hydrogens is 248 g/mol. The number of nitrogens with zero attached hydrogens (tertiary/aromatic N) is 1. The number of halogens is 2. The van der Waals surface area contributed by atoms with E-state index >= 15 is 0 Å². The van der Waals surface area contributed by atoms with E-state index in [2.05, 4.69) is 0 Å². The summed E-state index contributed by atoms with van der Waals surface area (Å²) in [6, 6.07) is 10.8. The maximum atomic E-state index is 13.6. The van der Waals surface area contributed by atoms with Crippen molar-refractivity contribution >= 4 is 5.69 Å². The minimum Gasteiger partial charge on any atom is -0.391 e. The van der Waals surface area contributed by atoms with Gasteiger partial charge >= 0.3 is 0 Å². The van der Waals surface area contributed by atoms with Crippen LogP contribution in [-0.2, 0) is 13.2 Å². The minimum atomic E-state index is -0.425. The van der Waals surface area contributed by atoms with E-state index in [1.165, 1.54) is 18.2 Å². The number of aliphatic hydroxyl groups excluding tert-OH is 1. The molecule has 0 radical (unpaired) electrons. The molecule has 2 aromatic carbocycles. The summed E-state index contributed by atoms with van der Waals surface area (Å²) >= 11 is 0. The molecule has 0 aliphatic heterocycles. The molecule has 2 rings (SSSR count). The zero-order valence-corrected chi connectivity index (χ0v) is 10.6. The fourth-order valence-corrected chi connectivity index (χ4v) is 2.01. The number of anilines is 1. The fourth-order valence-electron chi connectivity index (χ4n) is 2.01. The predicted molar refractivity (Wildman–Crippen MR) is 70.8 cm³/mol. The Morgan fingerprint density at radius 2 is 1.74 bits per heavy atom. The first-order chi connectivity index (χ1) is 9.11. The van der Waals surface area contributed by atoms with Gasteiger partial charge in [0, 0.05) is 24.8 Å². The van der Waals surface area contributed by atoms with E-state index in [0.717, 1.165) is 5.56 Å². The predicted octanol–water partition coefficient (Wildman–Crippen LogP) is 3.09. The molecular formula is C15H15F2NO. The van der Waals surface area contributed by atoms with Gasteiger partial charge in [-0.15, -0.1) is 0 Å². The molecule has 0 bridgehead atoms. The van der Waals surface area contributed by atoms with Crippen LogP contribution in [0.15, 0.2) is 42.5 Å². The lowest BCUT2D eigenvalue weighted by atomic mass is 10.1. The molecule has 0 saturated heterocycles. The molecule has 0 aliphatic rings. The molecule has 0 spiro atoms. The lowest BCUT2D eigenvalue weighted by Gasteiger charge is -2.22. The van der Waals surface area contributed by atoms with Crippen LogP contribution in [0.2, 0.25) is 0 Å². The molecule has 0 atom stereocenters. The molecule has 2 nitrogen and oxygen atoms in total. The topological polar surface area (TPSA) is 23.5 Å². The summed E-state index contributed by atoms with van der Waals surface area (Å²) in [5, 5.41) is 9.23. The van der Waals surface area contributed by atoms with Crippen molar-refractivity contribution in [2.45, 2.75) is 13.2 Å². The zero-order chi connectivity index (χ0) is 13.8. The first-order valence-electron chi connectivity index (χ1n) is 5.95. The van der Waals surface area contributed by atoms with Crippen LogP contribution in [0, 0.1) is 11.6 Å². The maximum absolute atomic E-state index is 13.6. The summed E-state index contributed by atoms with van der Waals surface area (Å²) in [7, 11) is 1.80. The molecule has 0 aromatic heterocycles. The average Bonchev–Trinajstić information content (AvgIpc) is 2.41. The second-order valence-electron chi connectivity index (χ2n) is 4.38. The van der Waals surface area contributed by atoms with Crippen LogP contribution in [0.25, 0.3) is 0 Å². The fraction of sp³-hybridized carbons (Fsp3) is 0.200. The molecule has 4 heteroatoms. The van der Waals surface area contributed by atoms with Crippen molar-refractivity contribution in [2.24, 2.45) is 0 Å². The number of benzene rings is 2. The zero-order valence-electron chi connectivity index (χ0n) is 10.6. The van der Waals surface area contributed by atoms with Gasteiger partial charge in [-0.25, -0.2) is 8.78 Å². The highest BCUT2D eigenvalue weighted by atomic mass is 19.1. The van der Waals surface area contributed by atoms with Gasteiger partial charge in [-0.1, -0.05) is 18.2 Å². The Balaban J connectivity index is 2.22. The molecule has 0 saturated carbocycles. The van der Waals surface area contributed by atoms with Gasteiger partial charge < -0.3 is 10.0 Å². The van der Waals surface area contributed by atoms with Gasteiger partial charge in [-0.05, 0) is 29.8 Å². The van der Waals surface area contributed by atoms with E-state index in [1.807, 2.05) is 4.90 Å². The summed E-state index contributed by atoms with van der Waals surface area (Å²) in [5.41, 5.74) is 1.82. The van der Waals surface area contributed by atoms with E-state index in [9.17, 15) is 13.9 Å². The van der Waals surface area contributed by atoms with Crippen molar-refractivity contribution < 1.29 is 13.9 Å². The van der Waals surface area contributed by atoms with Crippen molar-refractivity contribution in [1.82, 2.24) is 0 Å². The van der Waals surface area contributed by atoms with Crippen molar-refractivity contribution in [1.29, 1.82) is 0 Å². The van der Waals surface area contributed by atoms with E-state index in [0.29, 0.717) is 12.2 Å². The van der Waals surface area contributed by atoms with Gasteiger partial charge in [0.05, 0.1) is 6.61 Å². The standard InChI is InChI=1S/C15H15F2NO/c1-18(9-11-5-7-12(16)8-6-11)15-4-2-3-14(17)13(15)10-19/h2-8,19H,9-10H2,1H3. The molecule has 1 N–H and O–H groups in total. The Bertz CT molecular complexity index is 555. The highest BCUT2D eigenvalue weighted by Gasteiger charge is 2.11. The molecule has 19 heavy (non-hydrogen) atoms. The van der Waals surface area contributed by atoms with E-state index < -0.39 is 5.82 Å². The van der Waals surface area contributed by atoms with Crippen molar-refractivity contribution in [3.8, 4) is 0 Å². The van der Waals surface area contributed by atoms with E-state index in [4.69, 9.17) is 0 Å². The molecule has 0 unspecified atom stereocenters. The van der Waals surface area contributed by atoms with Gasteiger partial charge in [-0.3, -0.25) is 0 Å². The molecule has 0 amide bonds. The Kier molecular flexibility index (Phi) is 4.12. The summed E-state index contributed by atoms with van der Waals surface area (Å²) in [5.74, 6) is -0.709. The van der Waals surface area contributed by atoms with Crippen LogP contribution < -0.4 is 4.90 Å². The Morgan fingerprint density at radius 1 is 1.05 bits per heavy atom. The summed E-state index contributed by atoms with van der Waals surface area (Å²) in [6.07, 6.45) is 0. The van der Waals surface area contributed by atoms with Crippen LogP contribution in [0.5, 0.6) is 0 Å². The van der Waals surface area contributed by atoms with E-state index in [1.54, 1.807) is 31.3 Å². The van der Waals surface area contributed by atoms with E-state index in [-0.39, 0.29) is 18.0 Å². The Morgan fingerprint density at radius 3 is 2.37 bits per heavy atom. The smallest absolute Gasteiger partial charge is 0.130 e. The third-order valence-electron chi connectivity index (χ3n) is 3.00. The molecule has 100 valence electrons. The molecule has 0 aliphatic carbocycles.